The van der Waals surface area contributed by atoms with Crippen molar-refractivity contribution in [3.8, 4) is 5.75 Å². The van der Waals surface area contributed by atoms with Crippen LogP contribution in [-0.4, -0.2) is 52.6 Å². The Kier molecular flexibility index (Phi) is 3.78. The highest BCUT2D eigenvalue weighted by Gasteiger charge is 2.29. The van der Waals surface area contributed by atoms with E-state index >= 15 is 0 Å². The molecule has 3 rings (SSSR count). The molecule has 1 aliphatic rings. The maximum atomic E-state index is 13.0. The molecule has 1 fully saturated rings. The van der Waals surface area contributed by atoms with Crippen LogP contribution in [0.5, 0.6) is 5.75 Å². The van der Waals surface area contributed by atoms with Crippen LogP contribution in [0.15, 0.2) is 18.3 Å². The second kappa shape index (κ2) is 5.61. The lowest BCUT2D eigenvalue weighted by Crippen LogP contribution is -2.48. The second-order valence-electron chi connectivity index (χ2n) is 5.78. The minimum atomic E-state index is -0.0137. The molecule has 1 aliphatic heterocycles. The lowest BCUT2D eigenvalue weighted by atomic mass is 10.2. The fourth-order valence-electron chi connectivity index (χ4n) is 3.07. The van der Waals surface area contributed by atoms with Crippen LogP contribution in [0.3, 0.4) is 0 Å². The summed E-state index contributed by atoms with van der Waals surface area (Å²) in [6.07, 6.45) is 1.93. The number of carbonyl (C=O) groups is 1. The summed E-state index contributed by atoms with van der Waals surface area (Å²) in [5, 5.41) is 0. The van der Waals surface area contributed by atoms with Crippen LogP contribution < -0.4 is 4.74 Å². The molecule has 0 bridgehead atoms. The van der Waals surface area contributed by atoms with Gasteiger partial charge in [-0.15, -0.1) is 0 Å². The lowest BCUT2D eigenvalue weighted by molar-refractivity contribution is -0.0587. The number of aryl methyl sites for hydroxylation is 1. The number of aromatic nitrogens is 2. The fraction of sp³-hybridized carbons (Fsp3) is 0.500. The monoisotopic (exact) mass is 303 g/mol. The van der Waals surface area contributed by atoms with E-state index in [1.165, 1.54) is 0 Å². The third kappa shape index (κ3) is 2.43. The number of morpholine rings is 1. The van der Waals surface area contributed by atoms with Gasteiger partial charge in [0.25, 0.3) is 5.91 Å². The van der Waals surface area contributed by atoms with Crippen LogP contribution in [0, 0.1) is 6.92 Å². The van der Waals surface area contributed by atoms with Crippen molar-refractivity contribution in [1.82, 2.24) is 14.3 Å². The molecule has 0 N–H and O–H groups in total. The van der Waals surface area contributed by atoms with Gasteiger partial charge in [-0.2, -0.15) is 0 Å². The molecule has 2 aromatic rings. The maximum absolute atomic E-state index is 13.0. The standard InChI is InChI=1S/C16H21N3O3/c1-10-8-18(9-11(2)22-10)16(20)14-12(3)17-15-13(21-4)6-5-7-19(14)15/h5-7,10-11H,8-9H2,1-4H3. The first-order chi connectivity index (χ1) is 10.5. The summed E-state index contributed by atoms with van der Waals surface area (Å²) in [7, 11) is 1.60. The summed E-state index contributed by atoms with van der Waals surface area (Å²) in [6, 6.07) is 3.70. The Morgan fingerprint density at radius 1 is 1.36 bits per heavy atom. The zero-order valence-corrected chi connectivity index (χ0v) is 13.4. The van der Waals surface area contributed by atoms with Crippen LogP contribution >= 0.6 is 0 Å². The number of hydrogen-bond acceptors (Lipinski definition) is 4. The minimum absolute atomic E-state index is 0.0137. The van der Waals surface area contributed by atoms with Crippen LogP contribution in [0.4, 0.5) is 0 Å². The summed E-state index contributed by atoms with van der Waals surface area (Å²) < 4.78 is 12.8. The van der Waals surface area contributed by atoms with Gasteiger partial charge in [0, 0.05) is 19.3 Å². The molecular weight excluding hydrogens is 282 g/mol. The lowest BCUT2D eigenvalue weighted by Gasteiger charge is -2.35. The Bertz CT molecular complexity index is 700. The number of amides is 1. The van der Waals surface area contributed by atoms with E-state index in [0.29, 0.717) is 35.9 Å². The summed E-state index contributed by atoms with van der Waals surface area (Å²) >= 11 is 0. The van der Waals surface area contributed by atoms with Crippen molar-refractivity contribution >= 4 is 11.6 Å². The zero-order valence-electron chi connectivity index (χ0n) is 13.4. The van der Waals surface area contributed by atoms with Gasteiger partial charge in [-0.1, -0.05) is 0 Å². The molecule has 2 unspecified atom stereocenters. The topological polar surface area (TPSA) is 56.1 Å². The van der Waals surface area contributed by atoms with Crippen molar-refractivity contribution in [2.24, 2.45) is 0 Å². The van der Waals surface area contributed by atoms with Crippen molar-refractivity contribution in [1.29, 1.82) is 0 Å². The van der Waals surface area contributed by atoms with E-state index in [1.54, 1.807) is 11.5 Å². The summed E-state index contributed by atoms with van der Waals surface area (Å²) in [5.41, 5.74) is 1.97. The Morgan fingerprint density at radius 2 is 2.05 bits per heavy atom. The molecule has 118 valence electrons. The van der Waals surface area contributed by atoms with Crippen LogP contribution in [0.25, 0.3) is 5.65 Å². The average molecular weight is 303 g/mol. The van der Waals surface area contributed by atoms with E-state index in [4.69, 9.17) is 9.47 Å². The van der Waals surface area contributed by atoms with E-state index in [9.17, 15) is 4.79 Å². The number of methoxy groups -OCH3 is 1. The van der Waals surface area contributed by atoms with Gasteiger partial charge < -0.3 is 14.4 Å². The largest absolute Gasteiger partial charge is 0.493 e. The third-order valence-corrected chi connectivity index (χ3v) is 3.92. The molecule has 2 aromatic heterocycles. The number of nitrogens with zero attached hydrogens (tertiary/aromatic N) is 3. The molecule has 6 nitrogen and oxygen atoms in total. The number of rotatable bonds is 2. The molecule has 1 saturated heterocycles. The Morgan fingerprint density at radius 3 is 2.68 bits per heavy atom. The molecule has 3 heterocycles. The van der Waals surface area contributed by atoms with E-state index in [1.807, 2.05) is 44.0 Å². The van der Waals surface area contributed by atoms with Gasteiger partial charge in [-0.05, 0) is 32.9 Å². The summed E-state index contributed by atoms with van der Waals surface area (Å²) in [4.78, 5) is 19.3. The minimum Gasteiger partial charge on any atom is -0.493 e. The summed E-state index contributed by atoms with van der Waals surface area (Å²) in [5.74, 6) is 0.647. The average Bonchev–Trinajstić information content (AvgIpc) is 2.81. The second-order valence-corrected chi connectivity index (χ2v) is 5.78. The number of fused-ring (bicyclic) bond motifs is 1. The van der Waals surface area contributed by atoms with Crippen molar-refractivity contribution in [2.45, 2.75) is 33.0 Å². The third-order valence-electron chi connectivity index (χ3n) is 3.92. The molecule has 22 heavy (non-hydrogen) atoms. The number of carbonyl (C=O) groups excluding carboxylic acids is 1. The fourth-order valence-corrected chi connectivity index (χ4v) is 3.07. The van der Waals surface area contributed by atoms with Crippen LogP contribution in [0.2, 0.25) is 0 Å². The molecule has 0 saturated carbocycles. The van der Waals surface area contributed by atoms with Crippen LogP contribution in [0.1, 0.15) is 30.0 Å². The maximum Gasteiger partial charge on any atom is 0.272 e. The SMILES string of the molecule is COc1cccn2c(C(=O)N3CC(C)OC(C)C3)c(C)nc12. The van der Waals surface area contributed by atoms with Gasteiger partial charge in [0.1, 0.15) is 5.69 Å². The van der Waals surface area contributed by atoms with E-state index < -0.39 is 0 Å². The Balaban J connectivity index is 2.02. The first-order valence-corrected chi connectivity index (χ1v) is 7.47. The smallest absolute Gasteiger partial charge is 0.272 e. The first-order valence-electron chi connectivity index (χ1n) is 7.47. The quantitative estimate of drug-likeness (QED) is 0.850. The molecule has 1 amide bonds. The van der Waals surface area contributed by atoms with Crippen LogP contribution in [-0.2, 0) is 4.74 Å². The molecule has 6 heteroatoms. The number of hydrogen-bond donors (Lipinski definition) is 0. The normalized spacial score (nSPS) is 22.1. The van der Waals surface area contributed by atoms with Gasteiger partial charge in [-0.3, -0.25) is 9.20 Å². The van der Waals surface area contributed by atoms with Crippen molar-refractivity contribution < 1.29 is 14.3 Å². The van der Waals surface area contributed by atoms with Crippen molar-refractivity contribution in [3.05, 3.63) is 29.7 Å². The van der Waals surface area contributed by atoms with E-state index in [2.05, 4.69) is 4.98 Å². The predicted octanol–water partition coefficient (Wildman–Crippen LogP) is 1.90. The predicted molar refractivity (Wildman–Crippen MR) is 82.4 cm³/mol. The van der Waals surface area contributed by atoms with Crippen molar-refractivity contribution in [3.63, 3.8) is 0 Å². The van der Waals surface area contributed by atoms with Gasteiger partial charge in [-0.25, -0.2) is 4.98 Å². The number of imidazole rings is 1. The van der Waals surface area contributed by atoms with E-state index in [-0.39, 0.29) is 18.1 Å². The van der Waals surface area contributed by atoms with Gasteiger partial charge >= 0.3 is 0 Å². The molecule has 0 radical (unpaired) electrons. The Labute approximate surface area is 129 Å². The molecule has 0 aliphatic carbocycles. The Hall–Kier alpha value is -2.08. The van der Waals surface area contributed by atoms with E-state index in [0.717, 1.165) is 0 Å². The highest BCUT2D eigenvalue weighted by Crippen LogP contribution is 2.23. The highest BCUT2D eigenvalue weighted by molar-refractivity contribution is 5.95. The zero-order chi connectivity index (χ0) is 15.9. The number of pyridine rings is 1. The van der Waals surface area contributed by atoms with Crippen molar-refractivity contribution in [2.75, 3.05) is 20.2 Å². The van der Waals surface area contributed by atoms with Gasteiger partial charge in [0.2, 0.25) is 0 Å². The van der Waals surface area contributed by atoms with Gasteiger partial charge in [0.15, 0.2) is 11.4 Å². The number of ether oxygens (including phenoxy) is 2. The van der Waals surface area contributed by atoms with Gasteiger partial charge in [0.05, 0.1) is 25.0 Å². The summed E-state index contributed by atoms with van der Waals surface area (Å²) in [6.45, 7) is 7.02. The highest BCUT2D eigenvalue weighted by atomic mass is 16.5. The molecule has 0 aromatic carbocycles. The molecular formula is C16H21N3O3. The molecule has 2 atom stereocenters. The molecule has 0 spiro atoms. The first kappa shape index (κ1) is 14.8.